The van der Waals surface area contributed by atoms with Crippen molar-refractivity contribution in [1.82, 2.24) is 0 Å². The molecule has 2 aromatic heterocycles. The predicted molar refractivity (Wildman–Crippen MR) is 67.1 cm³/mol. The Morgan fingerprint density at radius 3 is 2.00 bits per heavy atom. The van der Waals surface area contributed by atoms with E-state index in [1.807, 2.05) is 40.7 Å². The van der Waals surface area contributed by atoms with E-state index in [-0.39, 0.29) is 6.04 Å². The number of nitrogens with two attached hydrogens (primary N) is 1. The molecule has 2 rings (SSSR count). The molecule has 92 valence electrons. The Kier molecular flexibility index (Phi) is 2.87. The SMILES string of the molecule is Cc1cc(C(N)c2c(C)oc(C)c2C)c(C)o1. The van der Waals surface area contributed by atoms with E-state index in [0.29, 0.717) is 0 Å². The molecule has 0 saturated carbocycles. The van der Waals surface area contributed by atoms with Crippen molar-refractivity contribution in [3.8, 4) is 0 Å². The van der Waals surface area contributed by atoms with Crippen LogP contribution in [0.5, 0.6) is 0 Å². The van der Waals surface area contributed by atoms with Gasteiger partial charge in [0.05, 0.1) is 6.04 Å². The first kappa shape index (κ1) is 12.0. The second-order valence-corrected chi connectivity index (χ2v) is 4.60. The molecule has 0 aliphatic rings. The Balaban J connectivity index is 2.50. The molecule has 3 heteroatoms. The highest BCUT2D eigenvalue weighted by molar-refractivity contribution is 5.41. The third-order valence-electron chi connectivity index (χ3n) is 3.34. The highest BCUT2D eigenvalue weighted by Crippen LogP contribution is 2.32. The Morgan fingerprint density at radius 1 is 0.941 bits per heavy atom. The molecule has 2 aromatic rings. The van der Waals surface area contributed by atoms with Gasteiger partial charge in [0.25, 0.3) is 0 Å². The van der Waals surface area contributed by atoms with Gasteiger partial charge < -0.3 is 14.6 Å². The van der Waals surface area contributed by atoms with E-state index in [0.717, 1.165) is 39.7 Å². The van der Waals surface area contributed by atoms with Crippen LogP contribution in [-0.2, 0) is 0 Å². The Hall–Kier alpha value is -1.48. The minimum atomic E-state index is -0.176. The lowest BCUT2D eigenvalue weighted by Gasteiger charge is -2.11. The summed E-state index contributed by atoms with van der Waals surface area (Å²) >= 11 is 0. The molecular formula is C14H19NO2. The standard InChI is InChI=1S/C14H19NO2/c1-7-6-12(10(4)16-7)14(15)13-8(2)9(3)17-11(13)5/h6,14H,15H2,1-5H3. The van der Waals surface area contributed by atoms with Crippen molar-refractivity contribution in [1.29, 1.82) is 0 Å². The van der Waals surface area contributed by atoms with Gasteiger partial charge in [-0.15, -0.1) is 0 Å². The monoisotopic (exact) mass is 233 g/mol. The van der Waals surface area contributed by atoms with Gasteiger partial charge in [-0.05, 0) is 46.2 Å². The zero-order valence-electron chi connectivity index (χ0n) is 11.0. The second-order valence-electron chi connectivity index (χ2n) is 4.60. The lowest BCUT2D eigenvalue weighted by atomic mass is 9.96. The first-order valence-corrected chi connectivity index (χ1v) is 5.80. The van der Waals surface area contributed by atoms with Crippen LogP contribution in [0.1, 0.15) is 45.8 Å². The summed E-state index contributed by atoms with van der Waals surface area (Å²) in [6.07, 6.45) is 0. The van der Waals surface area contributed by atoms with Crippen LogP contribution in [0.4, 0.5) is 0 Å². The summed E-state index contributed by atoms with van der Waals surface area (Å²) in [6, 6.07) is 1.83. The highest BCUT2D eigenvalue weighted by Gasteiger charge is 2.22. The molecule has 0 fully saturated rings. The molecule has 1 unspecified atom stereocenters. The first-order chi connectivity index (χ1) is 7.91. The van der Waals surface area contributed by atoms with E-state index in [2.05, 4.69) is 0 Å². The average molecular weight is 233 g/mol. The van der Waals surface area contributed by atoms with Crippen LogP contribution >= 0.6 is 0 Å². The van der Waals surface area contributed by atoms with Gasteiger partial charge >= 0.3 is 0 Å². The number of hydrogen-bond donors (Lipinski definition) is 1. The van der Waals surface area contributed by atoms with Gasteiger partial charge in [-0.3, -0.25) is 0 Å². The van der Waals surface area contributed by atoms with E-state index in [1.54, 1.807) is 0 Å². The van der Waals surface area contributed by atoms with Crippen LogP contribution in [-0.4, -0.2) is 0 Å². The van der Waals surface area contributed by atoms with Crippen LogP contribution in [0.15, 0.2) is 14.9 Å². The largest absolute Gasteiger partial charge is 0.466 e. The van der Waals surface area contributed by atoms with Gasteiger partial charge in [-0.1, -0.05) is 0 Å². The quantitative estimate of drug-likeness (QED) is 0.864. The van der Waals surface area contributed by atoms with Crippen molar-refractivity contribution < 1.29 is 8.83 Å². The van der Waals surface area contributed by atoms with Crippen LogP contribution in [0.25, 0.3) is 0 Å². The van der Waals surface area contributed by atoms with Crippen molar-refractivity contribution >= 4 is 0 Å². The Labute approximate surface area is 102 Å². The van der Waals surface area contributed by atoms with Crippen molar-refractivity contribution in [2.24, 2.45) is 5.73 Å². The average Bonchev–Trinajstić information content (AvgIpc) is 2.68. The zero-order chi connectivity index (χ0) is 12.7. The predicted octanol–water partition coefficient (Wildman–Crippen LogP) is 3.46. The molecule has 0 aromatic carbocycles. The van der Waals surface area contributed by atoms with E-state index in [1.165, 1.54) is 0 Å². The molecule has 17 heavy (non-hydrogen) atoms. The van der Waals surface area contributed by atoms with Crippen LogP contribution in [0.2, 0.25) is 0 Å². The van der Waals surface area contributed by atoms with Gasteiger partial charge in [0.2, 0.25) is 0 Å². The molecule has 0 saturated heterocycles. The zero-order valence-corrected chi connectivity index (χ0v) is 11.0. The normalized spacial score (nSPS) is 13.1. The number of hydrogen-bond acceptors (Lipinski definition) is 3. The molecule has 0 aliphatic heterocycles. The van der Waals surface area contributed by atoms with Crippen molar-refractivity contribution in [2.45, 2.75) is 40.7 Å². The molecule has 0 aliphatic carbocycles. The topological polar surface area (TPSA) is 52.3 Å². The summed E-state index contributed by atoms with van der Waals surface area (Å²) in [5.74, 6) is 3.60. The van der Waals surface area contributed by atoms with Crippen LogP contribution in [0, 0.1) is 34.6 Å². The fourth-order valence-electron chi connectivity index (χ4n) is 2.38. The first-order valence-electron chi connectivity index (χ1n) is 5.80. The summed E-state index contributed by atoms with van der Waals surface area (Å²) in [6.45, 7) is 9.84. The summed E-state index contributed by atoms with van der Waals surface area (Å²) < 4.78 is 11.2. The Bertz CT molecular complexity index is 549. The molecule has 0 radical (unpaired) electrons. The van der Waals surface area contributed by atoms with Crippen LogP contribution in [0.3, 0.4) is 0 Å². The molecule has 1 atom stereocenters. The number of rotatable bonds is 2. The van der Waals surface area contributed by atoms with E-state index in [4.69, 9.17) is 14.6 Å². The third-order valence-corrected chi connectivity index (χ3v) is 3.34. The third kappa shape index (κ3) is 1.91. The van der Waals surface area contributed by atoms with Crippen molar-refractivity contribution in [2.75, 3.05) is 0 Å². The molecule has 2 N–H and O–H groups in total. The summed E-state index contributed by atoms with van der Waals surface area (Å²) in [5.41, 5.74) is 9.57. The summed E-state index contributed by atoms with van der Waals surface area (Å²) in [4.78, 5) is 0. The maximum atomic E-state index is 6.33. The second kappa shape index (κ2) is 4.08. The Morgan fingerprint density at radius 2 is 1.59 bits per heavy atom. The summed E-state index contributed by atoms with van der Waals surface area (Å²) in [5, 5.41) is 0. The van der Waals surface area contributed by atoms with Gasteiger partial charge in [0.15, 0.2) is 0 Å². The lowest BCUT2D eigenvalue weighted by molar-refractivity contribution is 0.494. The van der Waals surface area contributed by atoms with Gasteiger partial charge in [-0.2, -0.15) is 0 Å². The highest BCUT2D eigenvalue weighted by atomic mass is 16.3. The maximum absolute atomic E-state index is 6.33. The van der Waals surface area contributed by atoms with E-state index >= 15 is 0 Å². The van der Waals surface area contributed by atoms with Gasteiger partial charge in [0.1, 0.15) is 23.0 Å². The fraction of sp³-hybridized carbons (Fsp3) is 0.429. The lowest BCUT2D eigenvalue weighted by Crippen LogP contribution is -2.13. The van der Waals surface area contributed by atoms with E-state index < -0.39 is 0 Å². The molecule has 3 nitrogen and oxygen atoms in total. The molecular weight excluding hydrogens is 214 g/mol. The fourth-order valence-corrected chi connectivity index (χ4v) is 2.38. The van der Waals surface area contributed by atoms with Crippen LogP contribution < -0.4 is 5.73 Å². The molecule has 0 bridgehead atoms. The van der Waals surface area contributed by atoms with Crippen molar-refractivity contribution in [3.05, 3.63) is 45.8 Å². The number of furan rings is 2. The minimum Gasteiger partial charge on any atom is -0.466 e. The molecule has 2 heterocycles. The minimum absolute atomic E-state index is 0.176. The summed E-state index contributed by atoms with van der Waals surface area (Å²) in [7, 11) is 0. The van der Waals surface area contributed by atoms with E-state index in [9.17, 15) is 0 Å². The molecule has 0 spiro atoms. The smallest absolute Gasteiger partial charge is 0.106 e. The van der Waals surface area contributed by atoms with Crippen molar-refractivity contribution in [3.63, 3.8) is 0 Å². The van der Waals surface area contributed by atoms with Gasteiger partial charge in [-0.25, -0.2) is 0 Å². The number of aryl methyl sites for hydroxylation is 4. The maximum Gasteiger partial charge on any atom is 0.106 e. The van der Waals surface area contributed by atoms with Gasteiger partial charge in [0, 0.05) is 11.1 Å². The molecule has 0 amide bonds.